The van der Waals surface area contributed by atoms with Gasteiger partial charge in [-0.25, -0.2) is 4.98 Å². The molecule has 0 radical (unpaired) electrons. The molecular weight excluding hydrogens is 266 g/mol. The van der Waals surface area contributed by atoms with E-state index in [1.54, 1.807) is 6.20 Å². The van der Waals surface area contributed by atoms with Crippen molar-refractivity contribution in [2.75, 3.05) is 38.6 Å². The molecule has 1 aliphatic heterocycles. The molecule has 19 heavy (non-hydrogen) atoms. The van der Waals surface area contributed by atoms with Gasteiger partial charge in [0.1, 0.15) is 0 Å². The topological polar surface area (TPSA) is 67.6 Å². The summed E-state index contributed by atoms with van der Waals surface area (Å²) >= 11 is 1.27. The lowest BCUT2D eigenvalue weighted by atomic mass is 10.3. The van der Waals surface area contributed by atoms with Gasteiger partial charge in [-0.2, -0.15) is 0 Å². The fourth-order valence-corrected chi connectivity index (χ4v) is 2.73. The fraction of sp³-hybridized carbons (Fsp3) is 0.667. The van der Waals surface area contributed by atoms with Crippen LogP contribution >= 0.6 is 11.8 Å². The molecular formula is C12H19N3O3S. The number of imidazole rings is 1. The largest absolute Gasteiger partial charge is 0.481 e. The number of carboxylic acids is 1. The van der Waals surface area contributed by atoms with Crippen molar-refractivity contribution >= 4 is 17.7 Å². The smallest absolute Gasteiger partial charge is 0.313 e. The maximum Gasteiger partial charge on any atom is 0.313 e. The number of carbonyl (C=O) groups is 1. The lowest BCUT2D eigenvalue weighted by Gasteiger charge is -2.26. The molecule has 1 aliphatic rings. The van der Waals surface area contributed by atoms with Crippen molar-refractivity contribution in [1.82, 2.24) is 14.5 Å². The van der Waals surface area contributed by atoms with Gasteiger partial charge in [0.25, 0.3) is 0 Å². The highest BCUT2D eigenvalue weighted by Crippen LogP contribution is 2.15. The van der Waals surface area contributed by atoms with Gasteiger partial charge >= 0.3 is 5.97 Å². The van der Waals surface area contributed by atoms with E-state index in [1.807, 2.05) is 10.8 Å². The van der Waals surface area contributed by atoms with Crippen molar-refractivity contribution in [3.8, 4) is 0 Å². The third-order valence-corrected chi connectivity index (χ3v) is 3.97. The molecule has 106 valence electrons. The van der Waals surface area contributed by atoms with Crippen LogP contribution in [0.5, 0.6) is 0 Å². The van der Waals surface area contributed by atoms with E-state index >= 15 is 0 Å². The first-order chi connectivity index (χ1) is 9.25. The number of hydrogen-bond donors (Lipinski definition) is 1. The van der Waals surface area contributed by atoms with E-state index in [2.05, 4.69) is 9.88 Å². The minimum atomic E-state index is -0.812. The van der Waals surface area contributed by atoms with Crippen LogP contribution in [0.25, 0.3) is 0 Å². The maximum absolute atomic E-state index is 10.5. The van der Waals surface area contributed by atoms with Crippen molar-refractivity contribution in [2.24, 2.45) is 0 Å². The van der Waals surface area contributed by atoms with Crippen LogP contribution in [0.1, 0.15) is 6.42 Å². The van der Waals surface area contributed by atoms with Crippen LogP contribution in [-0.2, 0) is 16.1 Å². The lowest BCUT2D eigenvalue weighted by molar-refractivity contribution is -0.133. The molecule has 0 spiro atoms. The Kier molecular flexibility index (Phi) is 5.68. The first-order valence-electron chi connectivity index (χ1n) is 6.41. The molecule has 2 rings (SSSR count). The van der Waals surface area contributed by atoms with Crippen molar-refractivity contribution in [3.63, 3.8) is 0 Å². The van der Waals surface area contributed by atoms with Gasteiger partial charge in [0.05, 0.1) is 19.0 Å². The third kappa shape index (κ3) is 4.85. The summed E-state index contributed by atoms with van der Waals surface area (Å²) in [4.78, 5) is 17.1. The number of rotatable bonds is 7. The van der Waals surface area contributed by atoms with Gasteiger partial charge in [0.15, 0.2) is 5.16 Å². The van der Waals surface area contributed by atoms with Crippen LogP contribution < -0.4 is 0 Å². The molecule has 0 aromatic carbocycles. The van der Waals surface area contributed by atoms with Crippen LogP contribution in [-0.4, -0.2) is 64.1 Å². The molecule has 0 unspecified atom stereocenters. The SMILES string of the molecule is O=C(O)CSc1nccn1CCCN1CCOCC1. The van der Waals surface area contributed by atoms with Gasteiger partial charge in [-0.05, 0) is 6.42 Å². The first kappa shape index (κ1) is 14.4. The van der Waals surface area contributed by atoms with Crippen molar-refractivity contribution in [2.45, 2.75) is 18.1 Å². The molecule has 6 nitrogen and oxygen atoms in total. The average Bonchev–Trinajstić information content (AvgIpc) is 2.85. The minimum Gasteiger partial charge on any atom is -0.481 e. The molecule has 2 heterocycles. The molecule has 1 N–H and O–H groups in total. The quantitative estimate of drug-likeness (QED) is 0.747. The summed E-state index contributed by atoms with van der Waals surface area (Å²) in [6, 6.07) is 0. The molecule has 1 aromatic heterocycles. The number of aromatic nitrogens is 2. The number of ether oxygens (including phenoxy) is 1. The Hall–Kier alpha value is -1.05. The number of aliphatic carboxylic acids is 1. The van der Waals surface area contributed by atoms with E-state index in [9.17, 15) is 4.79 Å². The summed E-state index contributed by atoms with van der Waals surface area (Å²) in [6.07, 6.45) is 4.67. The number of thioether (sulfide) groups is 1. The van der Waals surface area contributed by atoms with Gasteiger partial charge in [0, 0.05) is 38.6 Å². The van der Waals surface area contributed by atoms with Crippen molar-refractivity contribution in [1.29, 1.82) is 0 Å². The number of carboxylic acid groups (broad SMARTS) is 1. The zero-order chi connectivity index (χ0) is 13.5. The van der Waals surface area contributed by atoms with Gasteiger partial charge in [-0.3, -0.25) is 9.69 Å². The van der Waals surface area contributed by atoms with Crippen molar-refractivity contribution in [3.05, 3.63) is 12.4 Å². The lowest BCUT2D eigenvalue weighted by Crippen LogP contribution is -2.37. The molecule has 0 atom stereocenters. The van der Waals surface area contributed by atoms with Crippen LogP contribution in [0.3, 0.4) is 0 Å². The molecule has 0 saturated carbocycles. The summed E-state index contributed by atoms with van der Waals surface area (Å²) in [5, 5.41) is 9.45. The molecule has 1 aromatic rings. The second-order valence-electron chi connectivity index (χ2n) is 4.39. The van der Waals surface area contributed by atoms with Crippen LogP contribution in [0.2, 0.25) is 0 Å². The van der Waals surface area contributed by atoms with E-state index in [-0.39, 0.29) is 5.75 Å². The van der Waals surface area contributed by atoms with E-state index < -0.39 is 5.97 Å². The Morgan fingerprint density at radius 2 is 2.21 bits per heavy atom. The van der Waals surface area contributed by atoms with Gasteiger partial charge < -0.3 is 14.4 Å². The number of hydrogen-bond acceptors (Lipinski definition) is 5. The average molecular weight is 285 g/mol. The molecule has 1 saturated heterocycles. The van der Waals surface area contributed by atoms with E-state index in [1.165, 1.54) is 11.8 Å². The van der Waals surface area contributed by atoms with Gasteiger partial charge in [-0.1, -0.05) is 11.8 Å². The summed E-state index contributed by atoms with van der Waals surface area (Å²) in [6.45, 7) is 5.58. The van der Waals surface area contributed by atoms with Crippen molar-refractivity contribution < 1.29 is 14.6 Å². The first-order valence-corrected chi connectivity index (χ1v) is 7.40. The monoisotopic (exact) mass is 285 g/mol. The minimum absolute atomic E-state index is 0.0560. The predicted molar refractivity (Wildman–Crippen MR) is 72.5 cm³/mol. The zero-order valence-electron chi connectivity index (χ0n) is 10.8. The predicted octanol–water partition coefficient (Wildman–Crippen LogP) is 0.782. The Morgan fingerprint density at radius 1 is 1.42 bits per heavy atom. The highest BCUT2D eigenvalue weighted by atomic mass is 32.2. The number of morpholine rings is 1. The summed E-state index contributed by atoms with van der Waals surface area (Å²) in [7, 11) is 0. The molecule has 1 fully saturated rings. The van der Waals surface area contributed by atoms with Gasteiger partial charge in [-0.15, -0.1) is 0 Å². The highest BCUT2D eigenvalue weighted by Gasteiger charge is 2.10. The van der Waals surface area contributed by atoms with E-state index in [0.717, 1.165) is 51.0 Å². The zero-order valence-corrected chi connectivity index (χ0v) is 11.6. The fourth-order valence-electron chi connectivity index (χ4n) is 2.02. The van der Waals surface area contributed by atoms with Crippen LogP contribution in [0, 0.1) is 0 Å². The molecule has 7 heteroatoms. The summed E-state index contributed by atoms with van der Waals surface area (Å²) in [5.41, 5.74) is 0. The maximum atomic E-state index is 10.5. The summed E-state index contributed by atoms with van der Waals surface area (Å²) < 4.78 is 7.33. The Morgan fingerprint density at radius 3 is 2.95 bits per heavy atom. The Balaban J connectivity index is 1.72. The van der Waals surface area contributed by atoms with Crippen LogP contribution in [0.4, 0.5) is 0 Å². The standard InChI is InChI=1S/C12H19N3O3S/c16-11(17)10-19-12-13-2-5-15(12)4-1-3-14-6-8-18-9-7-14/h2,5H,1,3-4,6-10H2,(H,16,17). The highest BCUT2D eigenvalue weighted by molar-refractivity contribution is 7.99. The van der Waals surface area contributed by atoms with Gasteiger partial charge in [0.2, 0.25) is 0 Å². The second kappa shape index (κ2) is 7.52. The van der Waals surface area contributed by atoms with E-state index in [4.69, 9.17) is 9.84 Å². The number of aryl methyl sites for hydroxylation is 1. The summed E-state index contributed by atoms with van der Waals surface area (Å²) in [5.74, 6) is -0.756. The molecule has 0 bridgehead atoms. The molecule has 0 amide bonds. The van der Waals surface area contributed by atoms with Crippen LogP contribution in [0.15, 0.2) is 17.6 Å². The molecule has 0 aliphatic carbocycles. The number of nitrogens with zero attached hydrogens (tertiary/aromatic N) is 3. The Bertz CT molecular complexity index is 405. The van der Waals surface area contributed by atoms with E-state index in [0.29, 0.717) is 0 Å². The second-order valence-corrected chi connectivity index (χ2v) is 5.34. The Labute approximate surface area is 116 Å². The third-order valence-electron chi connectivity index (χ3n) is 2.98. The normalized spacial score (nSPS) is 16.6.